The van der Waals surface area contributed by atoms with E-state index in [-0.39, 0.29) is 6.09 Å². The van der Waals surface area contributed by atoms with Crippen molar-refractivity contribution in [1.82, 2.24) is 10.2 Å². The Morgan fingerprint density at radius 1 is 1.17 bits per heavy atom. The molecule has 1 N–H and O–H groups in total. The number of alkyl carbamates (subject to hydrolysis) is 1. The van der Waals surface area contributed by atoms with Crippen LogP contribution in [-0.2, 0) is 10.9 Å². The first-order chi connectivity index (χ1) is 16.9. The van der Waals surface area contributed by atoms with Crippen LogP contribution < -0.4 is 10.2 Å². The van der Waals surface area contributed by atoms with Crippen molar-refractivity contribution in [3.8, 4) is 0 Å². The van der Waals surface area contributed by atoms with E-state index in [9.17, 15) is 18.0 Å². The van der Waals surface area contributed by atoms with Crippen molar-refractivity contribution in [2.24, 2.45) is 5.92 Å². The Labute approximate surface area is 216 Å². The van der Waals surface area contributed by atoms with Gasteiger partial charge in [0.1, 0.15) is 5.60 Å². The first-order valence-corrected chi connectivity index (χ1v) is 13.1. The molecule has 0 aromatic heterocycles. The molecule has 1 amide bonds. The quantitative estimate of drug-likeness (QED) is 0.405. The van der Waals surface area contributed by atoms with Crippen molar-refractivity contribution in [1.29, 1.82) is 0 Å². The minimum absolute atomic E-state index is 0.386. The number of piperidine rings is 1. The first-order valence-electron chi connectivity index (χ1n) is 12.3. The van der Waals surface area contributed by atoms with Crippen LogP contribution >= 0.6 is 11.8 Å². The van der Waals surface area contributed by atoms with E-state index in [1.165, 1.54) is 23.9 Å². The monoisotopic (exact) mass is 523 g/mol. The van der Waals surface area contributed by atoms with Crippen molar-refractivity contribution < 1.29 is 22.7 Å². The number of rotatable bonds is 8. The molecule has 1 aromatic rings. The number of thioether (sulfide) groups is 1. The van der Waals surface area contributed by atoms with Crippen molar-refractivity contribution in [2.45, 2.75) is 56.7 Å². The zero-order chi connectivity index (χ0) is 26.5. The van der Waals surface area contributed by atoms with Gasteiger partial charge in [-0.1, -0.05) is 31.0 Å². The molecule has 1 saturated heterocycles. The molecule has 1 fully saturated rings. The second-order valence-electron chi connectivity index (χ2n) is 10.1. The summed E-state index contributed by atoms with van der Waals surface area (Å²) >= 11 is 1.42. The van der Waals surface area contributed by atoms with Crippen LogP contribution in [0.4, 0.5) is 23.7 Å². The fourth-order valence-corrected chi connectivity index (χ4v) is 5.46. The van der Waals surface area contributed by atoms with E-state index in [1.807, 2.05) is 25.7 Å². The van der Waals surface area contributed by atoms with E-state index >= 15 is 0 Å². The van der Waals surface area contributed by atoms with Crippen molar-refractivity contribution >= 4 is 23.5 Å². The van der Waals surface area contributed by atoms with Gasteiger partial charge in [-0.25, -0.2) is 4.79 Å². The molecule has 2 aliphatic rings. The predicted molar refractivity (Wildman–Crippen MR) is 140 cm³/mol. The molecule has 2 aliphatic heterocycles. The smallest absolute Gasteiger partial charge is 0.416 e. The number of halogens is 3. The summed E-state index contributed by atoms with van der Waals surface area (Å²) in [6, 6.07) is 3.90. The number of nitrogens with one attached hydrogen (secondary N) is 1. The maximum absolute atomic E-state index is 13.4. The summed E-state index contributed by atoms with van der Waals surface area (Å²) in [7, 11) is 0. The van der Waals surface area contributed by atoms with Gasteiger partial charge in [-0.05, 0) is 89.9 Å². The number of fused-ring (bicyclic) bond motifs is 1. The van der Waals surface area contributed by atoms with Gasteiger partial charge in [-0.3, -0.25) is 0 Å². The fourth-order valence-electron chi connectivity index (χ4n) is 4.43. The fraction of sp³-hybridized carbons (Fsp3) is 0.519. The SMILES string of the molecule is C=CC1=C(C=C)N(CCCN2CCC(CNC(=O)OC(C)(C)C)CC2)c2cc(C(F)(F)F)ccc2S1. The van der Waals surface area contributed by atoms with Crippen LogP contribution in [0.25, 0.3) is 0 Å². The Balaban J connectivity index is 1.56. The maximum Gasteiger partial charge on any atom is 0.416 e. The lowest BCUT2D eigenvalue weighted by Gasteiger charge is -2.35. The topological polar surface area (TPSA) is 44.8 Å². The van der Waals surface area contributed by atoms with Crippen LogP contribution in [0.5, 0.6) is 0 Å². The molecule has 0 radical (unpaired) electrons. The molecule has 0 saturated carbocycles. The van der Waals surface area contributed by atoms with E-state index in [1.54, 1.807) is 12.2 Å². The highest BCUT2D eigenvalue weighted by atomic mass is 32.2. The number of alkyl halides is 3. The van der Waals surface area contributed by atoms with Gasteiger partial charge in [0.25, 0.3) is 0 Å². The number of allylic oxidation sites excluding steroid dienone is 2. The van der Waals surface area contributed by atoms with Gasteiger partial charge in [-0.2, -0.15) is 13.2 Å². The number of amides is 1. The third-order valence-electron chi connectivity index (χ3n) is 6.22. The summed E-state index contributed by atoms with van der Waals surface area (Å²) in [6.07, 6.45) is 1.39. The molecule has 36 heavy (non-hydrogen) atoms. The van der Waals surface area contributed by atoms with Gasteiger partial charge in [0.2, 0.25) is 0 Å². The molecule has 0 unspecified atom stereocenters. The molecule has 2 heterocycles. The molecule has 0 aliphatic carbocycles. The number of benzene rings is 1. The number of hydrogen-bond donors (Lipinski definition) is 1. The molecule has 5 nitrogen and oxygen atoms in total. The lowest BCUT2D eigenvalue weighted by atomic mass is 9.97. The molecule has 0 spiro atoms. The Kier molecular flexibility index (Phi) is 9.22. The molecule has 0 atom stereocenters. The van der Waals surface area contributed by atoms with Crippen LogP contribution in [0.15, 0.2) is 59.0 Å². The average molecular weight is 524 g/mol. The molecule has 9 heteroatoms. The molecule has 198 valence electrons. The summed E-state index contributed by atoms with van der Waals surface area (Å²) in [6.45, 7) is 17.2. The Morgan fingerprint density at radius 3 is 2.44 bits per heavy atom. The van der Waals surface area contributed by atoms with Gasteiger partial charge in [-0.15, -0.1) is 0 Å². The van der Waals surface area contributed by atoms with Gasteiger partial charge >= 0.3 is 12.3 Å². The van der Waals surface area contributed by atoms with Gasteiger partial charge in [0, 0.05) is 22.9 Å². The molecular formula is C27H36F3N3O2S. The minimum Gasteiger partial charge on any atom is -0.444 e. The van der Waals surface area contributed by atoms with Crippen molar-refractivity contribution in [3.05, 3.63) is 59.7 Å². The standard InChI is InChI=1S/C27H36F3N3O2S/c1-6-21-23(7-2)36-24-10-9-20(27(28,29)30)17-22(24)33(21)14-8-13-32-15-11-19(12-16-32)18-31-25(34)35-26(3,4)5/h6-7,9-10,17,19H,1-2,8,11-16,18H2,3-5H3,(H,31,34). The van der Waals surface area contributed by atoms with E-state index in [4.69, 9.17) is 4.74 Å². The molecular weight excluding hydrogens is 487 g/mol. The van der Waals surface area contributed by atoms with Crippen LogP contribution in [0.3, 0.4) is 0 Å². The minimum atomic E-state index is -4.40. The van der Waals surface area contributed by atoms with E-state index in [2.05, 4.69) is 23.4 Å². The van der Waals surface area contributed by atoms with Crippen LogP contribution in [0.1, 0.15) is 45.6 Å². The number of ether oxygens (including phenoxy) is 1. The molecule has 3 rings (SSSR count). The predicted octanol–water partition coefficient (Wildman–Crippen LogP) is 6.83. The highest BCUT2D eigenvalue weighted by Crippen LogP contribution is 2.46. The van der Waals surface area contributed by atoms with Crippen LogP contribution in [0, 0.1) is 5.92 Å². The third-order valence-corrected chi connectivity index (χ3v) is 7.38. The number of nitrogens with zero attached hydrogens (tertiary/aromatic N) is 2. The summed E-state index contributed by atoms with van der Waals surface area (Å²) in [5, 5.41) is 2.86. The average Bonchev–Trinajstić information content (AvgIpc) is 2.81. The molecule has 1 aromatic carbocycles. The summed E-state index contributed by atoms with van der Waals surface area (Å²) < 4.78 is 45.5. The zero-order valence-corrected chi connectivity index (χ0v) is 22.1. The van der Waals surface area contributed by atoms with Gasteiger partial charge in [0.15, 0.2) is 0 Å². The van der Waals surface area contributed by atoms with Gasteiger partial charge < -0.3 is 19.9 Å². The lowest BCUT2D eigenvalue weighted by Crippen LogP contribution is -2.41. The van der Waals surface area contributed by atoms with Crippen molar-refractivity contribution in [2.75, 3.05) is 37.6 Å². The highest BCUT2D eigenvalue weighted by molar-refractivity contribution is 8.03. The zero-order valence-electron chi connectivity index (χ0n) is 21.3. The summed E-state index contributed by atoms with van der Waals surface area (Å²) in [5.41, 5.74) is 0.179. The van der Waals surface area contributed by atoms with Gasteiger partial charge in [0.05, 0.1) is 16.9 Å². The number of carbonyl (C=O) groups excluding carboxylic acids is 1. The number of carbonyl (C=O) groups is 1. The Hall–Kier alpha value is -2.39. The second kappa shape index (κ2) is 11.8. The van der Waals surface area contributed by atoms with E-state index in [0.717, 1.165) is 60.5 Å². The van der Waals surface area contributed by atoms with Crippen molar-refractivity contribution in [3.63, 3.8) is 0 Å². The number of hydrogen-bond acceptors (Lipinski definition) is 5. The highest BCUT2D eigenvalue weighted by Gasteiger charge is 2.33. The van der Waals surface area contributed by atoms with E-state index in [0.29, 0.717) is 24.7 Å². The van der Waals surface area contributed by atoms with Crippen LogP contribution in [0.2, 0.25) is 0 Å². The number of likely N-dealkylation sites (tertiary alicyclic amines) is 1. The summed E-state index contributed by atoms with van der Waals surface area (Å²) in [4.78, 5) is 17.9. The largest absolute Gasteiger partial charge is 0.444 e. The van der Waals surface area contributed by atoms with Crippen LogP contribution in [-0.4, -0.2) is 49.3 Å². The Bertz CT molecular complexity index is 993. The molecule has 0 bridgehead atoms. The second-order valence-corrected chi connectivity index (χ2v) is 11.2. The first kappa shape index (κ1) is 28.2. The lowest BCUT2D eigenvalue weighted by molar-refractivity contribution is -0.137. The summed E-state index contributed by atoms with van der Waals surface area (Å²) in [5.74, 6) is 0.408. The Morgan fingerprint density at radius 2 is 1.86 bits per heavy atom. The maximum atomic E-state index is 13.4. The van der Waals surface area contributed by atoms with E-state index < -0.39 is 17.3 Å². The number of anilines is 1. The third kappa shape index (κ3) is 7.56. The normalized spacial score (nSPS) is 17.6.